The van der Waals surface area contributed by atoms with E-state index in [1.165, 1.54) is 7.11 Å². The van der Waals surface area contributed by atoms with Crippen LogP contribution in [0.25, 0.3) is 0 Å². The number of aliphatic hydroxyl groups is 1. The van der Waals surface area contributed by atoms with Crippen LogP contribution in [0.5, 0.6) is 0 Å². The molecule has 5 heteroatoms. The van der Waals surface area contributed by atoms with Gasteiger partial charge in [-0.25, -0.2) is 4.79 Å². The fourth-order valence-corrected chi connectivity index (χ4v) is 2.79. The number of benzene rings is 1. The number of hydrogen-bond acceptors (Lipinski definition) is 4. The normalized spacial score (nSPS) is 25.2. The molecule has 1 N–H and O–H groups in total. The van der Waals surface area contributed by atoms with Gasteiger partial charge >= 0.3 is 5.97 Å². The van der Waals surface area contributed by atoms with Gasteiger partial charge in [0.1, 0.15) is 0 Å². The van der Waals surface area contributed by atoms with Crippen molar-refractivity contribution < 1.29 is 19.4 Å². The predicted molar refractivity (Wildman–Crippen MR) is 79.7 cm³/mol. The molecule has 1 unspecified atom stereocenters. The van der Waals surface area contributed by atoms with E-state index in [9.17, 15) is 9.90 Å². The number of methoxy groups -OCH3 is 1. The minimum Gasteiger partial charge on any atom is -0.463 e. The van der Waals surface area contributed by atoms with Crippen LogP contribution >= 0.6 is 11.6 Å². The molecule has 1 heterocycles. The summed E-state index contributed by atoms with van der Waals surface area (Å²) in [6.07, 6.45) is 0.664. The third-order valence-electron chi connectivity index (χ3n) is 3.73. The maximum absolute atomic E-state index is 11.7. The number of carbonyl (C=O) groups excluding carboxylic acids is 1. The summed E-state index contributed by atoms with van der Waals surface area (Å²) in [7, 11) is 1.28. The molecule has 0 fully saturated rings. The highest BCUT2D eigenvalue weighted by atomic mass is 35.5. The molecular formula is C16H19ClO4. The smallest absolute Gasteiger partial charge is 0.373 e. The van der Waals surface area contributed by atoms with Gasteiger partial charge in [0.2, 0.25) is 12.0 Å². The average Bonchev–Trinajstić information content (AvgIpc) is 2.45. The maximum Gasteiger partial charge on any atom is 0.373 e. The van der Waals surface area contributed by atoms with Crippen LogP contribution in [-0.4, -0.2) is 24.5 Å². The summed E-state index contributed by atoms with van der Waals surface area (Å²) >= 11 is 5.92. The number of esters is 1. The Labute approximate surface area is 129 Å². The first-order valence-electron chi connectivity index (χ1n) is 6.84. The summed E-state index contributed by atoms with van der Waals surface area (Å²) in [6, 6.07) is 7.38. The van der Waals surface area contributed by atoms with Crippen LogP contribution in [0.4, 0.5) is 0 Å². The molecule has 1 aliphatic heterocycles. The van der Waals surface area contributed by atoms with E-state index in [0.29, 0.717) is 5.02 Å². The van der Waals surface area contributed by atoms with Gasteiger partial charge in [0.15, 0.2) is 0 Å². The first-order chi connectivity index (χ1) is 9.93. The Morgan fingerprint density at radius 1 is 1.33 bits per heavy atom. The number of hydrogen-bond donors (Lipinski definition) is 1. The second kappa shape index (κ2) is 6.50. The second-order valence-corrected chi connectivity index (χ2v) is 5.87. The van der Waals surface area contributed by atoms with E-state index in [-0.39, 0.29) is 23.5 Å². The fourth-order valence-electron chi connectivity index (χ4n) is 2.66. The number of allylic oxidation sites excluding steroid dienone is 1. The van der Waals surface area contributed by atoms with Gasteiger partial charge in [0.05, 0.1) is 7.11 Å². The highest BCUT2D eigenvalue weighted by molar-refractivity contribution is 6.30. The largest absolute Gasteiger partial charge is 0.463 e. The molecule has 1 aliphatic rings. The first kappa shape index (κ1) is 15.9. The second-order valence-electron chi connectivity index (χ2n) is 5.43. The highest BCUT2D eigenvalue weighted by Gasteiger charge is 2.38. The summed E-state index contributed by atoms with van der Waals surface area (Å²) in [5, 5.41) is 10.9. The van der Waals surface area contributed by atoms with Crippen LogP contribution in [0.2, 0.25) is 5.02 Å². The lowest BCUT2D eigenvalue weighted by molar-refractivity contribution is -0.161. The Morgan fingerprint density at radius 2 is 1.95 bits per heavy atom. The SMILES string of the molecule is COC(=O)C1=C[C@H](c2ccc(Cl)cc2)[C@@H](C(C)C)C(O)O1. The van der Waals surface area contributed by atoms with Gasteiger partial charge in [0, 0.05) is 16.9 Å². The number of ether oxygens (including phenoxy) is 2. The molecular weight excluding hydrogens is 292 g/mol. The lowest BCUT2D eigenvalue weighted by atomic mass is 9.77. The molecule has 4 nitrogen and oxygen atoms in total. The molecule has 114 valence electrons. The van der Waals surface area contributed by atoms with Gasteiger partial charge in [-0.3, -0.25) is 0 Å². The van der Waals surface area contributed by atoms with Crippen molar-refractivity contribution >= 4 is 17.6 Å². The first-order valence-corrected chi connectivity index (χ1v) is 7.22. The molecule has 0 saturated heterocycles. The predicted octanol–water partition coefficient (Wildman–Crippen LogP) is 3.10. The zero-order valence-corrected chi connectivity index (χ0v) is 13.0. The Bertz CT molecular complexity index is 536. The molecule has 1 aromatic rings. The molecule has 0 aliphatic carbocycles. The third kappa shape index (κ3) is 3.39. The summed E-state index contributed by atoms with van der Waals surface area (Å²) in [4.78, 5) is 11.7. The monoisotopic (exact) mass is 310 g/mol. The zero-order chi connectivity index (χ0) is 15.6. The summed E-state index contributed by atoms with van der Waals surface area (Å²) < 4.78 is 9.98. The molecule has 0 radical (unpaired) electrons. The van der Waals surface area contributed by atoms with Crippen molar-refractivity contribution in [3.8, 4) is 0 Å². The van der Waals surface area contributed by atoms with Crippen LogP contribution in [0.15, 0.2) is 36.1 Å². The molecule has 0 saturated carbocycles. The molecule has 0 bridgehead atoms. The minimum atomic E-state index is -1.05. The highest BCUT2D eigenvalue weighted by Crippen LogP contribution is 2.39. The summed E-state index contributed by atoms with van der Waals surface area (Å²) in [6.45, 7) is 4.02. The van der Waals surface area contributed by atoms with Crippen molar-refractivity contribution in [1.82, 2.24) is 0 Å². The van der Waals surface area contributed by atoms with E-state index < -0.39 is 12.3 Å². The van der Waals surface area contributed by atoms with Gasteiger partial charge in [-0.1, -0.05) is 37.6 Å². The Morgan fingerprint density at radius 3 is 2.48 bits per heavy atom. The maximum atomic E-state index is 11.7. The molecule has 21 heavy (non-hydrogen) atoms. The fraction of sp³-hybridized carbons (Fsp3) is 0.438. The van der Waals surface area contributed by atoms with E-state index in [1.807, 2.05) is 26.0 Å². The summed E-state index contributed by atoms with van der Waals surface area (Å²) in [5.41, 5.74) is 0.974. The molecule has 0 amide bonds. The molecule has 3 atom stereocenters. The number of carbonyl (C=O) groups is 1. The molecule has 2 rings (SSSR count). The van der Waals surface area contributed by atoms with Crippen LogP contribution in [0.3, 0.4) is 0 Å². The molecule has 0 aromatic heterocycles. The number of rotatable bonds is 3. The molecule has 1 aromatic carbocycles. The average molecular weight is 311 g/mol. The number of halogens is 1. The zero-order valence-electron chi connectivity index (χ0n) is 12.2. The van der Waals surface area contributed by atoms with Gasteiger partial charge in [-0.05, 0) is 29.7 Å². The van der Waals surface area contributed by atoms with E-state index in [4.69, 9.17) is 16.3 Å². The third-order valence-corrected chi connectivity index (χ3v) is 3.99. The van der Waals surface area contributed by atoms with Crippen LogP contribution in [0.1, 0.15) is 25.3 Å². The van der Waals surface area contributed by atoms with Crippen molar-refractivity contribution in [3.05, 3.63) is 46.7 Å². The standard InChI is InChI=1S/C16H19ClO4/c1-9(2)14-12(10-4-6-11(17)7-5-10)8-13(15(18)20-3)21-16(14)19/h4-9,12,14,16,19H,1-3H3/t12-,14-,16?/m1/s1. The quantitative estimate of drug-likeness (QED) is 0.872. The Hall–Kier alpha value is -1.52. The van der Waals surface area contributed by atoms with E-state index in [0.717, 1.165) is 5.56 Å². The van der Waals surface area contributed by atoms with Gasteiger partial charge in [0.25, 0.3) is 0 Å². The van der Waals surface area contributed by atoms with Crippen molar-refractivity contribution in [2.45, 2.75) is 26.1 Å². The van der Waals surface area contributed by atoms with E-state index >= 15 is 0 Å². The van der Waals surface area contributed by atoms with Gasteiger partial charge in [-0.2, -0.15) is 0 Å². The van der Waals surface area contributed by atoms with Crippen LogP contribution in [0, 0.1) is 11.8 Å². The van der Waals surface area contributed by atoms with Gasteiger partial charge in [-0.15, -0.1) is 0 Å². The van der Waals surface area contributed by atoms with Crippen LogP contribution in [-0.2, 0) is 14.3 Å². The van der Waals surface area contributed by atoms with Crippen molar-refractivity contribution in [1.29, 1.82) is 0 Å². The van der Waals surface area contributed by atoms with Crippen molar-refractivity contribution in [2.24, 2.45) is 11.8 Å². The number of aliphatic hydroxyl groups excluding tert-OH is 1. The molecule has 0 spiro atoms. The lowest BCUT2D eigenvalue weighted by Gasteiger charge is -2.36. The van der Waals surface area contributed by atoms with Crippen LogP contribution < -0.4 is 0 Å². The minimum absolute atomic E-state index is 0.0434. The van der Waals surface area contributed by atoms with E-state index in [2.05, 4.69) is 4.74 Å². The lowest BCUT2D eigenvalue weighted by Crippen LogP contribution is -2.37. The topological polar surface area (TPSA) is 55.8 Å². The van der Waals surface area contributed by atoms with Crippen molar-refractivity contribution in [2.75, 3.05) is 7.11 Å². The summed E-state index contributed by atoms with van der Waals surface area (Å²) in [5.74, 6) is -0.659. The van der Waals surface area contributed by atoms with Crippen molar-refractivity contribution in [3.63, 3.8) is 0 Å². The Kier molecular flexibility index (Phi) is 4.91. The van der Waals surface area contributed by atoms with E-state index in [1.54, 1.807) is 18.2 Å². The van der Waals surface area contributed by atoms with Gasteiger partial charge < -0.3 is 14.6 Å². The Balaban J connectivity index is 2.43.